The Morgan fingerprint density at radius 1 is 0.225 bits per heavy atom. The lowest BCUT2D eigenvalue weighted by Crippen LogP contribution is -2.16. The first kappa shape index (κ1) is 68.3. The van der Waals surface area contributed by atoms with Crippen molar-refractivity contribution in [2.24, 2.45) is 0 Å². The second kappa shape index (κ2) is 32.2. The first-order chi connectivity index (χ1) is 49.7. The lowest BCUT2D eigenvalue weighted by Gasteiger charge is -2.16. The first-order valence-electron chi connectivity index (χ1n) is 32.5. The van der Waals surface area contributed by atoms with Gasteiger partial charge in [0.2, 0.25) is 0 Å². The number of carbonyl (C=O) groups excluding carboxylic acids is 8. The molecule has 0 N–H and O–H groups in total. The van der Waals surface area contributed by atoms with Crippen molar-refractivity contribution in [1.29, 1.82) is 0 Å². The van der Waals surface area contributed by atoms with Crippen LogP contribution in [0.5, 0.6) is 69.0 Å². The second-order valence-electron chi connectivity index (χ2n) is 23.4. The minimum atomic E-state index is -1.07. The number of hydrogen-bond donors (Lipinski definition) is 0. The van der Waals surface area contributed by atoms with Crippen molar-refractivity contribution in [3.63, 3.8) is 0 Å². The largest absolute Gasteiger partial charge is 0.493 e. The molecular formula is C78H62O24. The molecule has 4 atom stereocenters. The van der Waals surface area contributed by atoms with Gasteiger partial charge in [0.15, 0.2) is 23.0 Å². The maximum Gasteiger partial charge on any atom is 0.343 e. The van der Waals surface area contributed by atoms with Crippen LogP contribution in [0.15, 0.2) is 206 Å². The molecule has 4 fully saturated rings. The molecule has 4 aliphatic rings. The summed E-state index contributed by atoms with van der Waals surface area (Å²) in [6, 6.07) is 48.5. The third kappa shape index (κ3) is 19.6. The molecule has 4 unspecified atom stereocenters. The summed E-state index contributed by atoms with van der Waals surface area (Å²) >= 11 is 0. The van der Waals surface area contributed by atoms with E-state index in [1.165, 1.54) is 97.1 Å². The molecule has 9 aromatic rings. The number of epoxide rings is 4. The van der Waals surface area contributed by atoms with Crippen molar-refractivity contribution >= 4 is 47.8 Å². The predicted molar refractivity (Wildman–Crippen MR) is 357 cm³/mol. The Balaban J connectivity index is 0.745. The monoisotopic (exact) mass is 1380 g/mol. The molecule has 24 heteroatoms. The normalized spacial score (nSPS) is 15.8. The van der Waals surface area contributed by atoms with Crippen molar-refractivity contribution in [3.8, 4) is 69.0 Å². The summed E-state index contributed by atoms with van der Waals surface area (Å²) in [4.78, 5) is 110. The number of benzene rings is 9. The highest BCUT2D eigenvalue weighted by Crippen LogP contribution is 2.42. The van der Waals surface area contributed by atoms with E-state index in [4.69, 9.17) is 75.8 Å². The molecule has 13 rings (SSSR count). The maximum atomic E-state index is 14.2. The molecular weight excluding hydrogens is 1320 g/mol. The summed E-state index contributed by atoms with van der Waals surface area (Å²) < 4.78 is 89.8. The average molecular weight is 1380 g/mol. The van der Waals surface area contributed by atoms with Crippen LogP contribution in [0.2, 0.25) is 0 Å². The molecule has 0 saturated carbocycles. The van der Waals surface area contributed by atoms with Crippen molar-refractivity contribution in [2.45, 2.75) is 50.1 Å². The van der Waals surface area contributed by atoms with Crippen molar-refractivity contribution in [1.82, 2.24) is 0 Å². The molecule has 518 valence electrons. The Bertz CT molecular complexity index is 3910. The Morgan fingerprint density at radius 3 is 0.529 bits per heavy atom. The van der Waals surface area contributed by atoms with Crippen LogP contribution in [-0.4, -0.2) is 125 Å². The van der Waals surface area contributed by atoms with Gasteiger partial charge in [-0.25, -0.2) is 38.4 Å². The Labute approximate surface area is 582 Å². The van der Waals surface area contributed by atoms with Crippen molar-refractivity contribution < 1.29 is 114 Å². The zero-order chi connectivity index (χ0) is 70.3. The van der Waals surface area contributed by atoms with Crippen molar-refractivity contribution in [2.75, 3.05) is 52.9 Å². The van der Waals surface area contributed by atoms with E-state index >= 15 is 0 Å². The number of carbonyl (C=O) groups is 8. The van der Waals surface area contributed by atoms with E-state index in [1.54, 1.807) is 97.1 Å². The van der Waals surface area contributed by atoms with E-state index in [2.05, 4.69) is 0 Å². The Kier molecular flexibility index (Phi) is 21.6. The van der Waals surface area contributed by atoms with Crippen LogP contribution in [0.1, 0.15) is 109 Å². The minimum absolute atomic E-state index is 0.0585. The van der Waals surface area contributed by atoms with Crippen LogP contribution in [0.3, 0.4) is 0 Å². The molecule has 4 heterocycles. The van der Waals surface area contributed by atoms with E-state index in [0.717, 1.165) is 37.8 Å². The molecule has 102 heavy (non-hydrogen) atoms. The fourth-order valence-corrected chi connectivity index (χ4v) is 9.70. The van der Waals surface area contributed by atoms with Gasteiger partial charge in [-0.15, -0.1) is 0 Å². The Hall–Kier alpha value is -12.2. The zero-order valence-corrected chi connectivity index (χ0v) is 54.2. The highest BCUT2D eigenvalue weighted by Gasteiger charge is 2.28. The fourth-order valence-electron chi connectivity index (χ4n) is 9.70. The van der Waals surface area contributed by atoms with Gasteiger partial charge in [-0.1, -0.05) is 0 Å². The van der Waals surface area contributed by atoms with Crippen LogP contribution in [0, 0.1) is 0 Å². The third-order valence-electron chi connectivity index (χ3n) is 15.8. The van der Waals surface area contributed by atoms with Gasteiger partial charge in [-0.3, -0.25) is 0 Å². The molecule has 9 aromatic carbocycles. The number of ether oxygens (including phenoxy) is 16. The first-order valence-corrected chi connectivity index (χ1v) is 32.5. The highest BCUT2D eigenvalue weighted by atomic mass is 16.6. The van der Waals surface area contributed by atoms with E-state index in [1.807, 2.05) is 0 Å². The summed E-state index contributed by atoms with van der Waals surface area (Å²) in [6.45, 7) is 4.62. The lowest BCUT2D eigenvalue weighted by atomic mass is 10.2. The van der Waals surface area contributed by atoms with Crippen LogP contribution in [-0.2, 0) is 18.9 Å². The lowest BCUT2D eigenvalue weighted by molar-refractivity contribution is 0.0662. The summed E-state index contributed by atoms with van der Waals surface area (Å²) in [7, 11) is 0. The predicted octanol–water partition coefficient (Wildman–Crippen LogP) is 12.1. The minimum Gasteiger partial charge on any atom is -0.493 e. The number of esters is 8. The van der Waals surface area contributed by atoms with E-state index in [-0.39, 0.29) is 91.9 Å². The van der Waals surface area contributed by atoms with Crippen LogP contribution in [0.25, 0.3) is 0 Å². The van der Waals surface area contributed by atoms with Crippen molar-refractivity contribution in [3.05, 3.63) is 251 Å². The van der Waals surface area contributed by atoms with Gasteiger partial charge in [0.1, 0.15) is 46.0 Å². The van der Waals surface area contributed by atoms with Crippen LogP contribution < -0.4 is 56.8 Å². The van der Waals surface area contributed by atoms with Gasteiger partial charge in [0.05, 0.1) is 122 Å². The molecule has 0 aromatic heterocycles. The fraction of sp³-hybridized carbons (Fsp3) is 0.205. The third-order valence-corrected chi connectivity index (χ3v) is 15.8. The van der Waals surface area contributed by atoms with Crippen LogP contribution in [0.4, 0.5) is 0 Å². The van der Waals surface area contributed by atoms with Gasteiger partial charge < -0.3 is 75.8 Å². The quantitative estimate of drug-likeness (QED) is 0.0215. The molecule has 0 bridgehead atoms. The smallest absolute Gasteiger partial charge is 0.343 e. The maximum absolute atomic E-state index is 14.2. The number of rotatable bonds is 32. The topological polar surface area (TPSA) is 297 Å². The molecule has 24 nitrogen and oxygen atoms in total. The van der Waals surface area contributed by atoms with Gasteiger partial charge in [-0.05, 0) is 194 Å². The van der Waals surface area contributed by atoms with E-state index in [0.29, 0.717) is 75.9 Å². The van der Waals surface area contributed by atoms with Gasteiger partial charge in [0, 0.05) is 37.8 Å². The molecule has 0 aliphatic carbocycles. The summed E-state index contributed by atoms with van der Waals surface area (Å²) in [5.41, 5.74) is 0.439. The highest BCUT2D eigenvalue weighted by molar-refractivity contribution is 5.98. The molecule has 0 spiro atoms. The van der Waals surface area contributed by atoms with Gasteiger partial charge in [0.25, 0.3) is 0 Å². The van der Waals surface area contributed by atoms with Crippen LogP contribution >= 0.6 is 0 Å². The average Bonchev–Trinajstić information content (AvgIpc) is 1.49. The van der Waals surface area contributed by atoms with E-state index < -0.39 is 70.8 Å². The van der Waals surface area contributed by atoms with Gasteiger partial charge in [-0.2, -0.15) is 0 Å². The SMILES string of the molecule is O=C(Oc1ccc(C(=O)Oc2cc(OC(=O)c3ccc(OC(=O)c4ccc(OCCC5CO5)cc4)cc3)c(OC(=O)c3ccc(OC(=O)c4ccc(OCCC5CO5)cc4)cc3)cc2OC(=O)c2ccc(OC(=O)c3ccc(OCCC4CO4)cc3)cc2)cc1)c1ccc(OCCC2CO2)cc1. The zero-order valence-electron chi connectivity index (χ0n) is 54.2. The standard InChI is InChI=1S/C78H62O24/c79-71(47-1-17-55(18-2-47)87-37-33-63-43-91-63)95-59-25-9-51(10-26-59)75(83)99-67-41-69(101-77(85)53-13-29-61(30-14-53)97-73(81)49-5-21-57(22-6-49)89-39-35-65-45-93-65)70(102-78(86)54-15-31-62(32-16-54)98-74(82)50-7-23-58(24-8-50)90-40-36-66-46-94-66)42-68(67)100-76(84)52-11-27-60(28-12-52)96-72(80)48-3-19-56(20-4-48)88-38-34-64-44-92-64/h1-32,41-42,63-66H,33-40,43-46H2. The summed E-state index contributed by atoms with van der Waals surface area (Å²) in [6.07, 6.45) is 3.76. The molecule has 4 aliphatic heterocycles. The number of hydrogen-bond acceptors (Lipinski definition) is 24. The Morgan fingerprint density at radius 2 is 0.373 bits per heavy atom. The second-order valence-corrected chi connectivity index (χ2v) is 23.4. The molecule has 0 amide bonds. The summed E-state index contributed by atoms with van der Waals surface area (Å²) in [5.74, 6) is -6.82. The summed E-state index contributed by atoms with van der Waals surface area (Å²) in [5, 5.41) is 0. The van der Waals surface area contributed by atoms with E-state index in [9.17, 15) is 38.4 Å². The molecule has 4 saturated heterocycles. The van der Waals surface area contributed by atoms with Gasteiger partial charge >= 0.3 is 47.8 Å². The molecule has 0 radical (unpaired) electrons.